The third kappa shape index (κ3) is 3.25. The molecule has 0 atom stereocenters. The van der Waals surface area contributed by atoms with Crippen LogP contribution in [-0.2, 0) is 6.54 Å². The van der Waals surface area contributed by atoms with Gasteiger partial charge in [0.2, 0.25) is 0 Å². The van der Waals surface area contributed by atoms with Gasteiger partial charge in [-0.3, -0.25) is 4.79 Å². The molecule has 2 aromatic carbocycles. The minimum atomic E-state index is -0.366. The van der Waals surface area contributed by atoms with Crippen LogP contribution in [0, 0.1) is 12.7 Å². The van der Waals surface area contributed by atoms with E-state index in [-0.39, 0.29) is 11.7 Å². The molecule has 2 aromatic rings. The van der Waals surface area contributed by atoms with Gasteiger partial charge in [0, 0.05) is 18.1 Å². The summed E-state index contributed by atoms with van der Waals surface area (Å²) in [5.74, 6) is -0.505. The zero-order valence-electron chi connectivity index (χ0n) is 11.4. The van der Waals surface area contributed by atoms with E-state index in [1.165, 1.54) is 18.2 Å². The number of carbonyl (C=O) groups is 1. The minimum Gasteiger partial charge on any atom is -0.337 e. The molecule has 0 aliphatic rings. The van der Waals surface area contributed by atoms with E-state index in [9.17, 15) is 9.18 Å². The number of hydrogen-bond acceptors (Lipinski definition) is 1. The van der Waals surface area contributed by atoms with Gasteiger partial charge in [0.25, 0.3) is 5.91 Å². The quantitative estimate of drug-likeness (QED) is 0.824. The van der Waals surface area contributed by atoms with E-state index in [1.807, 2.05) is 31.2 Å². The zero-order chi connectivity index (χ0) is 14.7. The molecule has 4 heteroatoms. The molecule has 0 radical (unpaired) electrons. The average Bonchev–Trinajstić information content (AvgIpc) is 2.40. The predicted molar refractivity (Wildman–Crippen MR) is 81.1 cm³/mol. The van der Waals surface area contributed by atoms with E-state index in [0.717, 1.165) is 11.1 Å². The highest BCUT2D eigenvalue weighted by Gasteiger charge is 2.16. The van der Waals surface area contributed by atoms with Crippen LogP contribution in [0.2, 0.25) is 0 Å². The maximum atomic E-state index is 13.1. The summed E-state index contributed by atoms with van der Waals surface area (Å²) < 4.78 is 13.5. The van der Waals surface area contributed by atoms with Gasteiger partial charge in [-0.2, -0.15) is 0 Å². The van der Waals surface area contributed by atoms with Crippen molar-refractivity contribution in [3.63, 3.8) is 0 Å². The monoisotopic (exact) mass is 335 g/mol. The highest BCUT2D eigenvalue weighted by molar-refractivity contribution is 9.10. The number of aryl methyl sites for hydroxylation is 1. The van der Waals surface area contributed by atoms with Gasteiger partial charge in [0.15, 0.2) is 0 Å². The molecule has 0 unspecified atom stereocenters. The second-order valence-electron chi connectivity index (χ2n) is 4.71. The lowest BCUT2D eigenvalue weighted by molar-refractivity contribution is 0.0784. The molecule has 0 aliphatic heterocycles. The summed E-state index contributed by atoms with van der Waals surface area (Å²) in [7, 11) is 1.74. The second kappa shape index (κ2) is 6.18. The Hall–Kier alpha value is -1.68. The summed E-state index contributed by atoms with van der Waals surface area (Å²) in [6.07, 6.45) is 0. The van der Waals surface area contributed by atoms with E-state index < -0.39 is 0 Å². The summed E-state index contributed by atoms with van der Waals surface area (Å²) in [6.45, 7) is 2.54. The van der Waals surface area contributed by atoms with Crippen molar-refractivity contribution in [2.75, 3.05) is 7.05 Å². The van der Waals surface area contributed by atoms with Crippen molar-refractivity contribution in [2.45, 2.75) is 13.5 Å². The summed E-state index contributed by atoms with van der Waals surface area (Å²) in [6, 6.07) is 12.0. The Balaban J connectivity index is 2.19. The molecular formula is C16H15BrFNO. The topological polar surface area (TPSA) is 20.3 Å². The summed E-state index contributed by atoms with van der Waals surface area (Å²) in [5.41, 5.74) is 2.70. The molecule has 1 amide bonds. The molecule has 0 saturated carbocycles. The Morgan fingerprint density at radius 2 is 1.95 bits per heavy atom. The van der Waals surface area contributed by atoms with Gasteiger partial charge in [-0.1, -0.05) is 24.3 Å². The van der Waals surface area contributed by atoms with E-state index in [0.29, 0.717) is 16.6 Å². The standard InChI is InChI=1S/C16H15BrFNO/c1-11-5-3-4-6-12(11)10-19(2)16(20)14-8-7-13(18)9-15(14)17/h3-9H,10H2,1-2H3. The molecule has 0 aromatic heterocycles. The third-order valence-electron chi connectivity index (χ3n) is 3.18. The number of halogens is 2. The van der Waals surface area contributed by atoms with Crippen LogP contribution in [-0.4, -0.2) is 17.9 Å². The number of hydrogen-bond donors (Lipinski definition) is 0. The average molecular weight is 336 g/mol. The van der Waals surface area contributed by atoms with E-state index >= 15 is 0 Å². The van der Waals surface area contributed by atoms with Crippen LogP contribution < -0.4 is 0 Å². The van der Waals surface area contributed by atoms with Gasteiger partial charge in [-0.15, -0.1) is 0 Å². The number of carbonyl (C=O) groups excluding carboxylic acids is 1. The Kier molecular flexibility index (Phi) is 4.55. The third-order valence-corrected chi connectivity index (χ3v) is 3.83. The molecule has 0 spiro atoms. The lowest BCUT2D eigenvalue weighted by Crippen LogP contribution is -2.26. The molecule has 0 heterocycles. The minimum absolute atomic E-state index is 0.139. The summed E-state index contributed by atoms with van der Waals surface area (Å²) in [4.78, 5) is 14.0. The van der Waals surface area contributed by atoms with Crippen molar-refractivity contribution in [2.24, 2.45) is 0 Å². The normalized spacial score (nSPS) is 10.4. The van der Waals surface area contributed by atoms with Crippen molar-refractivity contribution < 1.29 is 9.18 Å². The van der Waals surface area contributed by atoms with Gasteiger partial charge in [-0.05, 0) is 52.2 Å². The molecule has 0 fully saturated rings. The Morgan fingerprint density at radius 1 is 1.25 bits per heavy atom. The fraction of sp³-hybridized carbons (Fsp3) is 0.188. The number of rotatable bonds is 3. The first-order valence-corrected chi connectivity index (χ1v) is 7.03. The second-order valence-corrected chi connectivity index (χ2v) is 5.57. The van der Waals surface area contributed by atoms with Crippen LogP contribution in [0.15, 0.2) is 46.9 Å². The lowest BCUT2D eigenvalue weighted by Gasteiger charge is -2.19. The van der Waals surface area contributed by atoms with E-state index in [4.69, 9.17) is 0 Å². The van der Waals surface area contributed by atoms with Crippen LogP contribution in [0.25, 0.3) is 0 Å². The SMILES string of the molecule is Cc1ccccc1CN(C)C(=O)c1ccc(F)cc1Br. The number of benzene rings is 2. The van der Waals surface area contributed by atoms with E-state index in [1.54, 1.807) is 11.9 Å². The molecule has 2 rings (SSSR count). The summed E-state index contributed by atoms with van der Waals surface area (Å²) >= 11 is 3.23. The van der Waals surface area contributed by atoms with Crippen LogP contribution in [0.1, 0.15) is 21.5 Å². The predicted octanol–water partition coefficient (Wildman–Crippen LogP) is 4.17. The number of amides is 1. The Labute approximate surface area is 126 Å². The van der Waals surface area contributed by atoms with Gasteiger partial charge in [0.1, 0.15) is 5.82 Å². The molecule has 20 heavy (non-hydrogen) atoms. The Morgan fingerprint density at radius 3 is 2.60 bits per heavy atom. The molecule has 2 nitrogen and oxygen atoms in total. The number of nitrogens with zero attached hydrogens (tertiary/aromatic N) is 1. The zero-order valence-corrected chi connectivity index (χ0v) is 12.9. The van der Waals surface area contributed by atoms with Crippen molar-refractivity contribution in [3.8, 4) is 0 Å². The van der Waals surface area contributed by atoms with Crippen LogP contribution >= 0.6 is 15.9 Å². The maximum Gasteiger partial charge on any atom is 0.255 e. The molecule has 0 N–H and O–H groups in total. The van der Waals surface area contributed by atoms with Crippen LogP contribution in [0.3, 0.4) is 0 Å². The van der Waals surface area contributed by atoms with Crippen molar-refractivity contribution >= 4 is 21.8 Å². The highest BCUT2D eigenvalue weighted by Crippen LogP contribution is 2.20. The fourth-order valence-electron chi connectivity index (χ4n) is 1.98. The van der Waals surface area contributed by atoms with Crippen LogP contribution in [0.5, 0.6) is 0 Å². The van der Waals surface area contributed by atoms with Gasteiger partial charge >= 0.3 is 0 Å². The first kappa shape index (κ1) is 14.7. The van der Waals surface area contributed by atoms with Gasteiger partial charge in [0.05, 0.1) is 5.56 Å². The molecule has 0 bridgehead atoms. The fourth-order valence-corrected chi connectivity index (χ4v) is 2.50. The maximum absolute atomic E-state index is 13.1. The lowest BCUT2D eigenvalue weighted by atomic mass is 10.1. The molecule has 0 saturated heterocycles. The summed E-state index contributed by atoms with van der Waals surface area (Å²) in [5, 5.41) is 0. The highest BCUT2D eigenvalue weighted by atomic mass is 79.9. The smallest absolute Gasteiger partial charge is 0.255 e. The first-order valence-electron chi connectivity index (χ1n) is 6.24. The van der Waals surface area contributed by atoms with Crippen molar-refractivity contribution in [1.29, 1.82) is 0 Å². The van der Waals surface area contributed by atoms with Crippen molar-refractivity contribution in [1.82, 2.24) is 4.90 Å². The first-order chi connectivity index (χ1) is 9.49. The Bertz CT molecular complexity index is 642. The molecule has 104 valence electrons. The van der Waals surface area contributed by atoms with E-state index in [2.05, 4.69) is 15.9 Å². The molecule has 0 aliphatic carbocycles. The molecular weight excluding hydrogens is 321 g/mol. The van der Waals surface area contributed by atoms with Gasteiger partial charge < -0.3 is 4.90 Å². The van der Waals surface area contributed by atoms with Gasteiger partial charge in [-0.25, -0.2) is 4.39 Å². The largest absolute Gasteiger partial charge is 0.337 e. The van der Waals surface area contributed by atoms with Crippen LogP contribution in [0.4, 0.5) is 4.39 Å². The van der Waals surface area contributed by atoms with Crippen molar-refractivity contribution in [3.05, 3.63) is 69.4 Å².